The Bertz CT molecular complexity index is 957. The summed E-state index contributed by atoms with van der Waals surface area (Å²) in [6, 6.07) is 18.0. The number of benzene rings is 2. The first-order chi connectivity index (χ1) is 15.6. The molecule has 4 nitrogen and oxygen atoms in total. The molecule has 7 rings (SSSR count). The summed E-state index contributed by atoms with van der Waals surface area (Å²) in [4.78, 5) is 0. The maximum atomic E-state index is 10.6. The summed E-state index contributed by atoms with van der Waals surface area (Å²) in [6.45, 7) is 2.18. The van der Waals surface area contributed by atoms with E-state index in [1.165, 1.54) is 41.5 Å². The van der Waals surface area contributed by atoms with Gasteiger partial charge in [0.25, 0.3) is 0 Å². The van der Waals surface area contributed by atoms with Crippen molar-refractivity contribution in [3.05, 3.63) is 70.8 Å². The number of nitrogens with one attached hydrogen (secondary N) is 1. The van der Waals surface area contributed by atoms with E-state index in [1.807, 2.05) is 0 Å². The third kappa shape index (κ3) is 5.67. The van der Waals surface area contributed by atoms with Gasteiger partial charge in [0, 0.05) is 44.3 Å². The van der Waals surface area contributed by atoms with Crippen molar-refractivity contribution < 1.29 is 9.63 Å². The second kappa shape index (κ2) is 12.7. The Kier molecular flexibility index (Phi) is 11.3. The zero-order valence-electron chi connectivity index (χ0n) is 19.5. The molecule has 3 aliphatic heterocycles. The Morgan fingerprint density at radius 3 is 1.89 bits per heavy atom. The molecular formula is C28H44ClN2O2PS2. The molecule has 2 aromatic rings. The molecular weight excluding hydrogens is 527 g/mol. The van der Waals surface area contributed by atoms with Gasteiger partial charge in [-0.3, -0.25) is 0 Å². The van der Waals surface area contributed by atoms with Crippen LogP contribution in [0, 0.1) is 0 Å². The largest absolute Gasteiger partial charge is 0.388 e. The van der Waals surface area contributed by atoms with Crippen LogP contribution in [0.2, 0.25) is 0 Å². The quantitative estimate of drug-likeness (QED) is 0.398. The van der Waals surface area contributed by atoms with Gasteiger partial charge in [0.1, 0.15) is 0 Å². The van der Waals surface area contributed by atoms with Crippen molar-refractivity contribution in [2.75, 3.05) is 13.1 Å². The van der Waals surface area contributed by atoms with E-state index in [2.05, 4.69) is 58.5 Å². The molecule has 0 radical (unpaired) electrons. The number of hydrogen-bond donors (Lipinski definition) is 2. The fourth-order valence-electron chi connectivity index (χ4n) is 6.66. The lowest BCUT2D eigenvalue weighted by Gasteiger charge is -2.29. The Morgan fingerprint density at radius 1 is 0.861 bits per heavy atom. The van der Waals surface area contributed by atoms with Gasteiger partial charge in [-0.25, -0.2) is 4.67 Å². The molecule has 8 heteroatoms. The molecule has 0 aromatic heterocycles. The first-order valence-corrected chi connectivity index (χ1v) is 14.2. The van der Waals surface area contributed by atoms with Crippen molar-refractivity contribution in [1.29, 1.82) is 0 Å². The lowest BCUT2D eigenvalue weighted by Crippen LogP contribution is -2.48. The fraction of sp³-hybridized carbons (Fsp3) is 0.571. The summed E-state index contributed by atoms with van der Waals surface area (Å²) in [5, 5.41) is 14.1. The number of hydrogen-bond acceptors (Lipinski definition) is 4. The molecule has 0 amide bonds. The third-order valence-electron chi connectivity index (χ3n) is 8.21. The predicted octanol–water partition coefficient (Wildman–Crippen LogP) is 6.25. The highest BCUT2D eigenvalue weighted by Crippen LogP contribution is 2.64. The minimum Gasteiger partial charge on any atom is -0.388 e. The first-order valence-electron chi connectivity index (χ1n) is 12.1. The van der Waals surface area contributed by atoms with Gasteiger partial charge in [0.2, 0.25) is 7.65 Å². The van der Waals surface area contributed by atoms with Crippen LogP contribution in [0.25, 0.3) is 0 Å². The minimum atomic E-state index is -0.862. The van der Waals surface area contributed by atoms with Crippen molar-refractivity contribution in [2.45, 2.75) is 89.5 Å². The van der Waals surface area contributed by atoms with Crippen LogP contribution in [0.4, 0.5) is 0 Å². The normalized spacial score (nSPS) is 27.8. The zero-order valence-corrected chi connectivity index (χ0v) is 23.1. The van der Waals surface area contributed by atoms with E-state index in [-0.39, 0.29) is 47.4 Å². The van der Waals surface area contributed by atoms with Crippen molar-refractivity contribution in [2.24, 2.45) is 0 Å². The van der Waals surface area contributed by atoms with Gasteiger partial charge in [-0.05, 0) is 65.7 Å². The average Bonchev–Trinajstić information content (AvgIpc) is 3.59. The monoisotopic (exact) mass is 570 g/mol. The Balaban J connectivity index is 0.000000230. The molecule has 0 saturated carbocycles. The van der Waals surface area contributed by atoms with E-state index in [1.54, 1.807) is 0 Å². The summed E-state index contributed by atoms with van der Waals surface area (Å²) in [7, 11) is -0.862. The Labute approximate surface area is 238 Å². The summed E-state index contributed by atoms with van der Waals surface area (Å²) < 4.78 is 8.62. The van der Waals surface area contributed by atoms with Gasteiger partial charge in [-0.1, -0.05) is 63.4 Å². The van der Waals surface area contributed by atoms with Crippen LogP contribution in [-0.4, -0.2) is 46.2 Å². The van der Waals surface area contributed by atoms with Crippen LogP contribution in [0.3, 0.4) is 0 Å². The molecule has 3 atom stereocenters. The van der Waals surface area contributed by atoms with E-state index in [0.29, 0.717) is 12.1 Å². The van der Waals surface area contributed by atoms with Gasteiger partial charge in [-0.2, -0.15) is 27.0 Å². The maximum absolute atomic E-state index is 10.6. The van der Waals surface area contributed by atoms with Gasteiger partial charge in [0.05, 0.1) is 11.2 Å². The van der Waals surface area contributed by atoms with Crippen molar-refractivity contribution >= 4 is 45.9 Å². The molecule has 36 heavy (non-hydrogen) atoms. The first kappa shape index (κ1) is 31.9. The molecule has 5 aliphatic rings. The van der Waals surface area contributed by atoms with Crippen LogP contribution in [0.5, 0.6) is 0 Å². The van der Waals surface area contributed by atoms with E-state index in [0.717, 1.165) is 45.2 Å². The SMILES string of the molecule is C.C.ClP1OC2(Cc3ccccc3C2)[C@@H]2CCCN21.OC1([C@@H]2CCCN2)Cc2ccccc2C1.S.S. The predicted molar refractivity (Wildman–Crippen MR) is 164 cm³/mol. The smallest absolute Gasteiger partial charge is 0.207 e. The van der Waals surface area contributed by atoms with Crippen LogP contribution in [0.1, 0.15) is 62.8 Å². The summed E-state index contributed by atoms with van der Waals surface area (Å²) in [5.74, 6) is 0. The third-order valence-corrected chi connectivity index (χ3v) is 10.4. The maximum Gasteiger partial charge on any atom is 0.207 e. The standard InChI is InChI=1S/C13H15ClNOP.C13H17NO.2CH4.2H2S/c14-17-15-7-3-6-12(15)13(16-17)8-10-4-1-2-5-11(10)9-13;15-13(12-6-3-7-14-12)8-10-4-1-2-5-11(10)9-13;;;;/h1-2,4-5,12H,3,6-9H2;1-2,4-5,12,14-15H,3,6-9H2;2*1H4;2*1H2/t12-,17?;12-;;;;/m00..../s1. The van der Waals surface area contributed by atoms with Crippen LogP contribution >= 0.6 is 45.9 Å². The lowest BCUT2D eigenvalue weighted by atomic mass is 9.90. The second-order valence-electron chi connectivity index (χ2n) is 10.2. The van der Waals surface area contributed by atoms with Gasteiger partial charge in [-0.15, -0.1) is 0 Å². The number of nitrogens with zero attached hydrogens (tertiary/aromatic N) is 1. The average molecular weight is 571 g/mol. The molecule has 0 bridgehead atoms. The molecule has 2 N–H and O–H groups in total. The fourth-order valence-corrected chi connectivity index (χ4v) is 9.12. The number of halogens is 1. The highest BCUT2D eigenvalue weighted by Gasteiger charge is 2.57. The molecule has 1 spiro atoms. The molecule has 1 unspecified atom stereocenters. The topological polar surface area (TPSA) is 44.7 Å². The molecule has 3 saturated heterocycles. The molecule has 2 aromatic carbocycles. The number of fused-ring (bicyclic) bond motifs is 4. The summed E-state index contributed by atoms with van der Waals surface area (Å²) >= 11 is 6.39. The Hall–Kier alpha value is -0.300. The van der Waals surface area contributed by atoms with Crippen LogP contribution in [0.15, 0.2) is 48.5 Å². The van der Waals surface area contributed by atoms with Crippen molar-refractivity contribution in [1.82, 2.24) is 9.99 Å². The van der Waals surface area contributed by atoms with Gasteiger partial charge >= 0.3 is 0 Å². The second-order valence-corrected chi connectivity index (χ2v) is 12.2. The van der Waals surface area contributed by atoms with Crippen molar-refractivity contribution in [3.8, 4) is 0 Å². The lowest BCUT2D eigenvalue weighted by molar-refractivity contribution is 0.0177. The molecule has 3 fully saturated rings. The zero-order chi connectivity index (χ0) is 21.8. The van der Waals surface area contributed by atoms with Crippen LogP contribution in [-0.2, 0) is 30.2 Å². The Morgan fingerprint density at radius 2 is 1.39 bits per heavy atom. The summed E-state index contributed by atoms with van der Waals surface area (Å²) in [5.41, 5.74) is 5.04. The highest BCUT2D eigenvalue weighted by molar-refractivity contribution is 7.78. The van der Waals surface area contributed by atoms with E-state index >= 15 is 0 Å². The number of aliphatic hydroxyl groups is 1. The summed E-state index contributed by atoms with van der Waals surface area (Å²) in [6.07, 6.45) is 8.58. The van der Waals surface area contributed by atoms with E-state index < -0.39 is 13.3 Å². The minimum absolute atomic E-state index is 0. The molecule has 202 valence electrons. The number of rotatable bonds is 1. The molecule has 3 heterocycles. The van der Waals surface area contributed by atoms with Crippen molar-refractivity contribution in [3.63, 3.8) is 0 Å². The van der Waals surface area contributed by atoms with Gasteiger partial charge < -0.3 is 14.9 Å². The van der Waals surface area contributed by atoms with E-state index in [4.69, 9.17) is 15.8 Å². The van der Waals surface area contributed by atoms with Gasteiger partial charge in [0.15, 0.2) is 0 Å². The van der Waals surface area contributed by atoms with E-state index in [9.17, 15) is 5.11 Å². The van der Waals surface area contributed by atoms with Crippen LogP contribution < -0.4 is 5.32 Å². The highest BCUT2D eigenvalue weighted by atomic mass is 35.7. The molecule has 2 aliphatic carbocycles.